The minimum absolute atomic E-state index is 0.269. The van der Waals surface area contributed by atoms with E-state index < -0.39 is 0 Å². The summed E-state index contributed by atoms with van der Waals surface area (Å²) in [5, 5.41) is 0. The summed E-state index contributed by atoms with van der Waals surface area (Å²) in [5.41, 5.74) is 0. The van der Waals surface area contributed by atoms with Crippen LogP contribution < -0.4 is 0 Å². The fraction of sp³-hybridized carbons (Fsp3) is 1.00. The molecule has 2 aliphatic heterocycles. The summed E-state index contributed by atoms with van der Waals surface area (Å²) in [6, 6.07) is 0. The lowest BCUT2D eigenvalue weighted by molar-refractivity contribution is -0.0532. The molecule has 1 aliphatic carbocycles. The Hall–Kier alpha value is -0.160. The molecule has 7 atom stereocenters. The molecule has 3 fully saturated rings. The van der Waals surface area contributed by atoms with E-state index in [1.54, 1.807) is 0 Å². The lowest BCUT2D eigenvalue weighted by Crippen LogP contribution is -2.28. The Balaban J connectivity index is 1.25. The van der Waals surface area contributed by atoms with Crippen LogP contribution in [0.25, 0.3) is 0 Å². The SMILES string of the molecule is CC1CC(COC(C)CC(C)OCC2CCC3OC3C2)CCO1. The minimum atomic E-state index is 0.269. The van der Waals surface area contributed by atoms with Crippen LogP contribution in [0.15, 0.2) is 0 Å². The quantitative estimate of drug-likeness (QED) is 0.639. The maximum absolute atomic E-state index is 6.07. The van der Waals surface area contributed by atoms with Crippen molar-refractivity contribution in [1.82, 2.24) is 0 Å². The molecule has 7 unspecified atom stereocenters. The van der Waals surface area contributed by atoms with Gasteiger partial charge in [-0.3, -0.25) is 0 Å². The molecule has 3 aliphatic rings. The third-order valence-corrected chi connectivity index (χ3v) is 5.60. The van der Waals surface area contributed by atoms with E-state index in [2.05, 4.69) is 20.8 Å². The first-order valence-electron chi connectivity index (χ1n) is 9.60. The van der Waals surface area contributed by atoms with Crippen molar-refractivity contribution in [2.45, 2.75) is 89.8 Å². The maximum Gasteiger partial charge on any atom is 0.0845 e. The van der Waals surface area contributed by atoms with Crippen LogP contribution in [0.2, 0.25) is 0 Å². The van der Waals surface area contributed by atoms with Gasteiger partial charge in [0.15, 0.2) is 0 Å². The number of epoxide rings is 1. The van der Waals surface area contributed by atoms with Crippen LogP contribution >= 0.6 is 0 Å². The zero-order valence-electron chi connectivity index (χ0n) is 15.0. The smallest absolute Gasteiger partial charge is 0.0845 e. The van der Waals surface area contributed by atoms with E-state index in [4.69, 9.17) is 18.9 Å². The van der Waals surface area contributed by atoms with E-state index >= 15 is 0 Å². The maximum atomic E-state index is 6.07. The lowest BCUT2D eigenvalue weighted by Gasteiger charge is -2.28. The van der Waals surface area contributed by atoms with Crippen LogP contribution in [0.3, 0.4) is 0 Å². The van der Waals surface area contributed by atoms with Gasteiger partial charge in [0, 0.05) is 19.8 Å². The zero-order valence-corrected chi connectivity index (χ0v) is 15.0. The molecule has 4 heteroatoms. The minimum Gasteiger partial charge on any atom is -0.378 e. The largest absolute Gasteiger partial charge is 0.378 e. The molecular formula is C19H34O4. The lowest BCUT2D eigenvalue weighted by atomic mass is 9.90. The van der Waals surface area contributed by atoms with Gasteiger partial charge in [0.2, 0.25) is 0 Å². The van der Waals surface area contributed by atoms with Crippen molar-refractivity contribution in [2.24, 2.45) is 11.8 Å². The molecule has 0 spiro atoms. The fourth-order valence-electron chi connectivity index (χ4n) is 4.08. The van der Waals surface area contributed by atoms with Crippen molar-refractivity contribution in [2.75, 3.05) is 19.8 Å². The number of rotatable bonds is 8. The highest BCUT2D eigenvalue weighted by atomic mass is 16.6. The van der Waals surface area contributed by atoms with Crippen molar-refractivity contribution in [3.8, 4) is 0 Å². The monoisotopic (exact) mass is 326 g/mol. The molecule has 1 saturated carbocycles. The van der Waals surface area contributed by atoms with Gasteiger partial charge in [-0.25, -0.2) is 0 Å². The van der Waals surface area contributed by atoms with Gasteiger partial charge < -0.3 is 18.9 Å². The molecule has 2 saturated heterocycles. The van der Waals surface area contributed by atoms with Gasteiger partial charge in [-0.15, -0.1) is 0 Å². The van der Waals surface area contributed by atoms with Crippen molar-refractivity contribution < 1.29 is 18.9 Å². The van der Waals surface area contributed by atoms with E-state index in [0.717, 1.165) is 39.1 Å². The summed E-state index contributed by atoms with van der Waals surface area (Å²) in [6.45, 7) is 9.14. The van der Waals surface area contributed by atoms with Gasteiger partial charge >= 0.3 is 0 Å². The zero-order chi connectivity index (χ0) is 16.2. The van der Waals surface area contributed by atoms with Crippen LogP contribution in [-0.4, -0.2) is 50.3 Å². The molecule has 3 rings (SSSR count). The number of hydrogen-bond acceptors (Lipinski definition) is 4. The first-order chi connectivity index (χ1) is 11.1. The molecular weight excluding hydrogens is 292 g/mol. The summed E-state index contributed by atoms with van der Waals surface area (Å²) in [4.78, 5) is 0. The highest BCUT2D eigenvalue weighted by Gasteiger charge is 2.43. The van der Waals surface area contributed by atoms with Crippen molar-refractivity contribution in [1.29, 1.82) is 0 Å². The second-order valence-electron chi connectivity index (χ2n) is 7.99. The molecule has 0 amide bonds. The molecule has 0 aromatic rings. The molecule has 0 bridgehead atoms. The van der Waals surface area contributed by atoms with Crippen LogP contribution in [0.1, 0.15) is 59.3 Å². The average Bonchev–Trinajstić information content (AvgIpc) is 3.30. The molecule has 2 heterocycles. The topological polar surface area (TPSA) is 40.2 Å². The van der Waals surface area contributed by atoms with Crippen molar-refractivity contribution >= 4 is 0 Å². The Labute approximate surface area is 141 Å². The molecule has 4 nitrogen and oxygen atoms in total. The Morgan fingerprint density at radius 1 is 0.913 bits per heavy atom. The number of fused-ring (bicyclic) bond motifs is 1. The molecule has 134 valence electrons. The van der Waals surface area contributed by atoms with Gasteiger partial charge in [0.05, 0.1) is 30.5 Å². The Morgan fingerprint density at radius 3 is 2.26 bits per heavy atom. The van der Waals surface area contributed by atoms with Crippen LogP contribution in [0.4, 0.5) is 0 Å². The number of ether oxygens (including phenoxy) is 4. The number of hydrogen-bond donors (Lipinski definition) is 0. The van der Waals surface area contributed by atoms with Gasteiger partial charge in [-0.1, -0.05) is 0 Å². The Kier molecular flexibility index (Phi) is 6.36. The summed E-state index contributed by atoms with van der Waals surface area (Å²) in [5.74, 6) is 1.35. The normalized spacial score (nSPS) is 39.5. The van der Waals surface area contributed by atoms with E-state index in [0.29, 0.717) is 30.1 Å². The Bertz CT molecular complexity index is 347. The van der Waals surface area contributed by atoms with Gasteiger partial charge in [0.25, 0.3) is 0 Å². The van der Waals surface area contributed by atoms with Crippen LogP contribution in [0.5, 0.6) is 0 Å². The summed E-state index contributed by atoms with van der Waals surface area (Å²) in [6.07, 6.45) is 9.02. The second-order valence-corrected chi connectivity index (χ2v) is 7.99. The van der Waals surface area contributed by atoms with Gasteiger partial charge in [-0.2, -0.15) is 0 Å². The van der Waals surface area contributed by atoms with E-state index in [-0.39, 0.29) is 12.2 Å². The summed E-state index contributed by atoms with van der Waals surface area (Å²) < 4.78 is 23.3. The van der Waals surface area contributed by atoms with Crippen LogP contribution in [-0.2, 0) is 18.9 Å². The van der Waals surface area contributed by atoms with Crippen molar-refractivity contribution in [3.05, 3.63) is 0 Å². The highest BCUT2D eigenvalue weighted by Crippen LogP contribution is 2.39. The molecule has 0 aromatic carbocycles. The molecule has 0 aromatic heterocycles. The first kappa shape index (κ1) is 17.7. The van der Waals surface area contributed by atoms with Gasteiger partial charge in [0.1, 0.15) is 0 Å². The molecule has 0 N–H and O–H groups in total. The predicted molar refractivity (Wildman–Crippen MR) is 89.6 cm³/mol. The molecule has 0 radical (unpaired) electrons. The van der Waals surface area contributed by atoms with E-state index in [1.165, 1.54) is 19.3 Å². The molecule has 23 heavy (non-hydrogen) atoms. The summed E-state index contributed by atoms with van der Waals surface area (Å²) in [7, 11) is 0. The van der Waals surface area contributed by atoms with Crippen LogP contribution in [0, 0.1) is 11.8 Å². The predicted octanol–water partition coefficient (Wildman–Crippen LogP) is 3.57. The third-order valence-electron chi connectivity index (χ3n) is 5.60. The van der Waals surface area contributed by atoms with Crippen molar-refractivity contribution in [3.63, 3.8) is 0 Å². The first-order valence-corrected chi connectivity index (χ1v) is 9.60. The van der Waals surface area contributed by atoms with E-state index in [1.807, 2.05) is 0 Å². The second kappa shape index (κ2) is 8.28. The summed E-state index contributed by atoms with van der Waals surface area (Å²) >= 11 is 0. The third kappa shape index (κ3) is 5.70. The Morgan fingerprint density at radius 2 is 1.61 bits per heavy atom. The van der Waals surface area contributed by atoms with E-state index in [9.17, 15) is 0 Å². The fourth-order valence-corrected chi connectivity index (χ4v) is 4.08. The highest BCUT2D eigenvalue weighted by molar-refractivity contribution is 4.91. The average molecular weight is 326 g/mol. The van der Waals surface area contributed by atoms with Gasteiger partial charge in [-0.05, 0) is 71.1 Å². The standard InChI is InChI=1S/C19H34O4/c1-13(21-11-16-4-5-18-19(10-16)23-18)8-14(2)22-12-17-6-7-20-15(3)9-17/h13-19H,4-12H2,1-3H3.